The Labute approximate surface area is 140 Å². The number of hydrogen-bond donors (Lipinski definition) is 2. The smallest absolute Gasteiger partial charge is 0.287 e. The molecular formula is C16H18Cl2N2O2. The maximum absolute atomic E-state index is 12.0. The summed E-state index contributed by atoms with van der Waals surface area (Å²) in [6, 6.07) is 10.8. The zero-order valence-electron chi connectivity index (χ0n) is 11.9. The Kier molecular flexibility index (Phi) is 5.51. The van der Waals surface area contributed by atoms with E-state index >= 15 is 0 Å². The molecule has 1 aromatic carbocycles. The Balaban J connectivity index is 0.00000176. The van der Waals surface area contributed by atoms with Crippen LogP contribution in [0.2, 0.25) is 5.02 Å². The molecule has 3 N–H and O–H groups in total. The van der Waals surface area contributed by atoms with Crippen molar-refractivity contribution in [3.63, 3.8) is 0 Å². The average molecular weight is 341 g/mol. The van der Waals surface area contributed by atoms with Crippen LogP contribution in [-0.2, 0) is 0 Å². The SMILES string of the molecule is Cl.NC(CNC(=O)c1ccc(-c2ccccc2Cl)o1)C1CC1. The molecule has 1 fully saturated rings. The van der Waals surface area contributed by atoms with Crippen molar-refractivity contribution >= 4 is 29.9 Å². The molecule has 1 saturated carbocycles. The molecular weight excluding hydrogens is 323 g/mol. The molecule has 3 rings (SSSR count). The number of benzene rings is 1. The minimum atomic E-state index is -0.246. The molecule has 0 spiro atoms. The third-order valence-corrected chi connectivity index (χ3v) is 4.02. The highest BCUT2D eigenvalue weighted by Gasteiger charge is 2.28. The molecule has 0 saturated heterocycles. The minimum absolute atomic E-state index is 0. The summed E-state index contributed by atoms with van der Waals surface area (Å²) >= 11 is 6.12. The van der Waals surface area contributed by atoms with Crippen molar-refractivity contribution in [3.05, 3.63) is 47.2 Å². The zero-order chi connectivity index (χ0) is 14.8. The van der Waals surface area contributed by atoms with Crippen molar-refractivity contribution in [2.24, 2.45) is 11.7 Å². The molecule has 1 heterocycles. The van der Waals surface area contributed by atoms with Gasteiger partial charge in [0.05, 0.1) is 5.02 Å². The van der Waals surface area contributed by atoms with Gasteiger partial charge in [0, 0.05) is 18.2 Å². The molecule has 0 bridgehead atoms. The van der Waals surface area contributed by atoms with Crippen LogP contribution in [0, 0.1) is 5.92 Å². The van der Waals surface area contributed by atoms with E-state index in [1.807, 2.05) is 18.2 Å². The van der Waals surface area contributed by atoms with Crippen LogP contribution in [0.15, 0.2) is 40.8 Å². The molecule has 1 atom stereocenters. The molecule has 1 amide bonds. The van der Waals surface area contributed by atoms with Crippen LogP contribution >= 0.6 is 24.0 Å². The van der Waals surface area contributed by atoms with Crippen LogP contribution < -0.4 is 11.1 Å². The number of carbonyl (C=O) groups excluding carboxylic acids is 1. The number of hydrogen-bond acceptors (Lipinski definition) is 3. The Morgan fingerprint density at radius 2 is 2.05 bits per heavy atom. The van der Waals surface area contributed by atoms with E-state index in [0.717, 1.165) is 18.4 Å². The third kappa shape index (κ3) is 3.83. The lowest BCUT2D eigenvalue weighted by atomic mass is 10.2. The second kappa shape index (κ2) is 7.18. The zero-order valence-corrected chi connectivity index (χ0v) is 13.5. The molecule has 118 valence electrons. The van der Waals surface area contributed by atoms with Crippen molar-refractivity contribution in [1.82, 2.24) is 5.32 Å². The van der Waals surface area contributed by atoms with Crippen molar-refractivity contribution in [3.8, 4) is 11.3 Å². The van der Waals surface area contributed by atoms with Gasteiger partial charge in [0.25, 0.3) is 5.91 Å². The average Bonchev–Trinajstić information content (AvgIpc) is 3.23. The summed E-state index contributed by atoms with van der Waals surface area (Å²) in [7, 11) is 0. The largest absolute Gasteiger partial charge is 0.451 e. The first kappa shape index (κ1) is 16.9. The third-order valence-electron chi connectivity index (χ3n) is 3.69. The fraction of sp³-hybridized carbons (Fsp3) is 0.312. The fourth-order valence-electron chi connectivity index (χ4n) is 2.25. The van der Waals surface area contributed by atoms with Gasteiger partial charge >= 0.3 is 0 Å². The van der Waals surface area contributed by atoms with E-state index in [4.69, 9.17) is 21.8 Å². The minimum Gasteiger partial charge on any atom is -0.451 e. The van der Waals surface area contributed by atoms with Crippen LogP contribution in [0.3, 0.4) is 0 Å². The highest BCUT2D eigenvalue weighted by atomic mass is 35.5. The van der Waals surface area contributed by atoms with Gasteiger partial charge in [0.2, 0.25) is 0 Å². The Morgan fingerprint density at radius 1 is 1.32 bits per heavy atom. The summed E-state index contributed by atoms with van der Waals surface area (Å²) in [6.07, 6.45) is 2.32. The molecule has 0 aliphatic heterocycles. The predicted molar refractivity (Wildman–Crippen MR) is 89.4 cm³/mol. The molecule has 0 radical (unpaired) electrons. The van der Waals surface area contributed by atoms with Gasteiger partial charge in [-0.05, 0) is 43.0 Å². The number of rotatable bonds is 5. The van der Waals surface area contributed by atoms with Crippen molar-refractivity contribution < 1.29 is 9.21 Å². The Bertz CT molecular complexity index is 653. The maximum Gasteiger partial charge on any atom is 0.287 e. The normalized spacial score (nSPS) is 15.0. The molecule has 1 aliphatic carbocycles. The van der Waals surface area contributed by atoms with Gasteiger partial charge in [0.1, 0.15) is 5.76 Å². The number of nitrogens with one attached hydrogen (secondary N) is 1. The Morgan fingerprint density at radius 3 is 2.73 bits per heavy atom. The van der Waals surface area contributed by atoms with E-state index in [-0.39, 0.29) is 30.1 Å². The summed E-state index contributed by atoms with van der Waals surface area (Å²) in [6.45, 7) is 0.478. The monoisotopic (exact) mass is 340 g/mol. The summed E-state index contributed by atoms with van der Waals surface area (Å²) in [5, 5.41) is 3.40. The van der Waals surface area contributed by atoms with Gasteiger partial charge in [-0.2, -0.15) is 0 Å². The molecule has 4 nitrogen and oxygen atoms in total. The van der Waals surface area contributed by atoms with Gasteiger partial charge in [-0.15, -0.1) is 12.4 Å². The van der Waals surface area contributed by atoms with Crippen LogP contribution in [0.1, 0.15) is 23.4 Å². The first-order valence-corrected chi connectivity index (χ1v) is 7.41. The number of nitrogens with two attached hydrogens (primary N) is 1. The highest BCUT2D eigenvalue weighted by Crippen LogP contribution is 2.31. The number of carbonyl (C=O) groups is 1. The second-order valence-corrected chi connectivity index (χ2v) is 5.76. The molecule has 6 heteroatoms. The summed E-state index contributed by atoms with van der Waals surface area (Å²) in [4.78, 5) is 12.0. The van der Waals surface area contributed by atoms with Crippen LogP contribution in [0.25, 0.3) is 11.3 Å². The molecule has 1 aromatic heterocycles. The van der Waals surface area contributed by atoms with E-state index < -0.39 is 0 Å². The topological polar surface area (TPSA) is 68.3 Å². The molecule has 1 unspecified atom stereocenters. The van der Waals surface area contributed by atoms with Crippen LogP contribution in [0.5, 0.6) is 0 Å². The lowest BCUT2D eigenvalue weighted by Gasteiger charge is -2.10. The molecule has 1 aliphatic rings. The fourth-order valence-corrected chi connectivity index (χ4v) is 2.48. The molecule has 22 heavy (non-hydrogen) atoms. The van der Waals surface area contributed by atoms with E-state index in [9.17, 15) is 4.79 Å². The lowest BCUT2D eigenvalue weighted by molar-refractivity contribution is 0.0923. The summed E-state index contributed by atoms with van der Waals surface area (Å²) in [5.41, 5.74) is 6.73. The highest BCUT2D eigenvalue weighted by molar-refractivity contribution is 6.33. The van der Waals surface area contributed by atoms with E-state index in [1.54, 1.807) is 18.2 Å². The second-order valence-electron chi connectivity index (χ2n) is 5.36. The Hall–Kier alpha value is -1.49. The van der Waals surface area contributed by atoms with Crippen molar-refractivity contribution in [2.45, 2.75) is 18.9 Å². The van der Waals surface area contributed by atoms with Gasteiger partial charge < -0.3 is 15.5 Å². The first-order valence-electron chi connectivity index (χ1n) is 7.03. The predicted octanol–water partition coefficient (Wildman–Crippen LogP) is 3.49. The van der Waals surface area contributed by atoms with Crippen LogP contribution in [-0.4, -0.2) is 18.5 Å². The molecule has 2 aromatic rings. The number of furan rings is 1. The summed E-state index contributed by atoms with van der Waals surface area (Å²) < 4.78 is 5.58. The van der Waals surface area contributed by atoms with Gasteiger partial charge in [-0.25, -0.2) is 0 Å². The summed E-state index contributed by atoms with van der Waals surface area (Å²) in [5.74, 6) is 1.16. The van der Waals surface area contributed by atoms with Gasteiger partial charge in [-0.3, -0.25) is 4.79 Å². The van der Waals surface area contributed by atoms with E-state index in [0.29, 0.717) is 23.2 Å². The van der Waals surface area contributed by atoms with Crippen molar-refractivity contribution in [2.75, 3.05) is 6.54 Å². The number of halogens is 2. The van der Waals surface area contributed by atoms with E-state index in [2.05, 4.69) is 5.32 Å². The standard InChI is InChI=1S/C16H17ClN2O2.ClH/c17-12-4-2-1-3-11(12)14-7-8-15(21-14)16(20)19-9-13(18)10-5-6-10;/h1-4,7-8,10,13H,5-6,9,18H2,(H,19,20);1H. The quantitative estimate of drug-likeness (QED) is 0.875. The maximum atomic E-state index is 12.0. The first-order chi connectivity index (χ1) is 10.1. The van der Waals surface area contributed by atoms with E-state index in [1.165, 1.54) is 0 Å². The van der Waals surface area contributed by atoms with Crippen molar-refractivity contribution in [1.29, 1.82) is 0 Å². The lowest BCUT2D eigenvalue weighted by Crippen LogP contribution is -2.38. The van der Waals surface area contributed by atoms with Crippen LogP contribution in [0.4, 0.5) is 0 Å². The van der Waals surface area contributed by atoms with Gasteiger partial charge in [0.15, 0.2) is 5.76 Å². The van der Waals surface area contributed by atoms with Gasteiger partial charge in [-0.1, -0.05) is 23.7 Å². The number of amides is 1.